The van der Waals surface area contributed by atoms with E-state index >= 15 is 0 Å². The number of rotatable bonds is 13. The van der Waals surface area contributed by atoms with Gasteiger partial charge in [0.25, 0.3) is 0 Å². The molecular weight excluding hydrogens is 448 g/mol. The molecule has 32 heavy (non-hydrogen) atoms. The van der Waals surface area contributed by atoms with Crippen molar-refractivity contribution >= 4 is 42.3 Å². The van der Waals surface area contributed by atoms with Gasteiger partial charge < -0.3 is 42.0 Å². The lowest BCUT2D eigenvalue weighted by Crippen LogP contribution is -2.60. The van der Waals surface area contributed by atoms with E-state index < -0.39 is 66.4 Å². The Morgan fingerprint density at radius 2 is 1.72 bits per heavy atom. The number of aliphatic carboxylic acids is 2. The second-order valence-corrected chi connectivity index (χ2v) is 7.22. The van der Waals surface area contributed by atoms with Gasteiger partial charge in [0.05, 0.1) is 24.9 Å². The van der Waals surface area contributed by atoms with Gasteiger partial charge in [-0.15, -0.1) is 0 Å². The van der Waals surface area contributed by atoms with Crippen molar-refractivity contribution in [3.8, 4) is 0 Å². The molecule has 9 N–H and O–H groups in total. The summed E-state index contributed by atoms with van der Waals surface area (Å²) in [6, 6.07) is -5.66. The lowest BCUT2D eigenvalue weighted by molar-refractivity contribution is -0.143. The molecule has 0 bridgehead atoms. The van der Waals surface area contributed by atoms with E-state index in [4.69, 9.17) is 10.8 Å². The van der Waals surface area contributed by atoms with Crippen LogP contribution in [0.3, 0.4) is 0 Å². The molecule has 0 saturated carbocycles. The maximum atomic E-state index is 12.6. The van der Waals surface area contributed by atoms with Gasteiger partial charge in [-0.25, -0.2) is 9.78 Å². The molecule has 0 radical (unpaired) electrons. The zero-order chi connectivity index (χ0) is 24.4. The average molecular weight is 474 g/mol. The molecular formula is C17H26N6O8S. The predicted octanol–water partition coefficient (Wildman–Crippen LogP) is -3.40. The maximum absolute atomic E-state index is 12.6. The lowest BCUT2D eigenvalue weighted by Gasteiger charge is -2.25. The van der Waals surface area contributed by atoms with E-state index in [0.29, 0.717) is 5.69 Å². The van der Waals surface area contributed by atoms with Gasteiger partial charge in [0.15, 0.2) is 0 Å². The summed E-state index contributed by atoms with van der Waals surface area (Å²) in [5.74, 6) is -5.72. The van der Waals surface area contributed by atoms with Crippen LogP contribution in [-0.4, -0.2) is 91.0 Å². The summed E-state index contributed by atoms with van der Waals surface area (Å²) >= 11 is 3.94. The molecule has 0 aliphatic carbocycles. The molecule has 0 aliphatic heterocycles. The fourth-order valence-corrected chi connectivity index (χ4v) is 2.75. The van der Waals surface area contributed by atoms with Crippen molar-refractivity contribution < 1.29 is 39.3 Å². The molecule has 178 valence electrons. The number of aromatic nitrogens is 2. The van der Waals surface area contributed by atoms with Crippen LogP contribution in [0.25, 0.3) is 0 Å². The summed E-state index contributed by atoms with van der Waals surface area (Å²) in [6.45, 7) is 1.20. The second-order valence-electron chi connectivity index (χ2n) is 6.86. The third kappa shape index (κ3) is 8.52. The number of H-pyrrole nitrogens is 1. The van der Waals surface area contributed by atoms with Crippen LogP contribution in [0.2, 0.25) is 0 Å². The highest BCUT2D eigenvalue weighted by atomic mass is 32.1. The minimum Gasteiger partial charge on any atom is -0.481 e. The number of aromatic amines is 1. The zero-order valence-corrected chi connectivity index (χ0v) is 17.9. The third-order valence-electron chi connectivity index (χ3n) is 4.20. The quantitative estimate of drug-likeness (QED) is 0.128. The zero-order valence-electron chi connectivity index (χ0n) is 17.0. The number of aliphatic hydroxyl groups excluding tert-OH is 1. The number of nitrogens with zero attached hydrogens (tertiary/aromatic N) is 1. The van der Waals surface area contributed by atoms with E-state index in [-0.39, 0.29) is 12.2 Å². The molecule has 0 saturated heterocycles. The third-order valence-corrected chi connectivity index (χ3v) is 4.57. The van der Waals surface area contributed by atoms with Gasteiger partial charge in [0, 0.05) is 24.1 Å². The minimum atomic E-state index is -1.56. The normalized spacial score (nSPS) is 15.5. The van der Waals surface area contributed by atoms with Crippen molar-refractivity contribution in [2.24, 2.45) is 5.73 Å². The van der Waals surface area contributed by atoms with Crippen molar-refractivity contribution in [1.29, 1.82) is 0 Å². The first-order chi connectivity index (χ1) is 15.0. The van der Waals surface area contributed by atoms with Crippen LogP contribution in [0.1, 0.15) is 19.0 Å². The van der Waals surface area contributed by atoms with Crippen LogP contribution in [0.15, 0.2) is 12.5 Å². The predicted molar refractivity (Wildman–Crippen MR) is 111 cm³/mol. The van der Waals surface area contributed by atoms with Crippen molar-refractivity contribution in [2.75, 3.05) is 5.75 Å². The van der Waals surface area contributed by atoms with Gasteiger partial charge in [0.1, 0.15) is 18.1 Å². The summed E-state index contributed by atoms with van der Waals surface area (Å²) in [7, 11) is 0. The van der Waals surface area contributed by atoms with Crippen molar-refractivity contribution in [3.63, 3.8) is 0 Å². The molecule has 1 aromatic rings. The van der Waals surface area contributed by atoms with E-state index in [1.807, 2.05) is 0 Å². The van der Waals surface area contributed by atoms with E-state index in [0.717, 1.165) is 0 Å². The molecule has 0 fully saturated rings. The summed E-state index contributed by atoms with van der Waals surface area (Å²) in [5, 5.41) is 34.6. The number of carbonyl (C=O) groups excluding carboxylic acids is 3. The van der Waals surface area contributed by atoms with Crippen LogP contribution in [0.4, 0.5) is 0 Å². The second kappa shape index (κ2) is 12.6. The molecule has 5 atom stereocenters. The summed E-state index contributed by atoms with van der Waals surface area (Å²) in [5.41, 5.74) is 5.88. The first-order valence-corrected chi connectivity index (χ1v) is 9.97. The Labute approximate surface area is 187 Å². The molecule has 1 rings (SSSR count). The highest BCUT2D eigenvalue weighted by molar-refractivity contribution is 7.80. The van der Waals surface area contributed by atoms with Crippen LogP contribution in [0.5, 0.6) is 0 Å². The standard InChI is InChI=1S/C17H26N6O8S/c1-7(24)13(16(29)21-10(17(30)31)2-8-4-19-6-20-8)23-15(28)11(5-32)22-14(27)9(18)3-12(25)26/h4,6-7,9-11,13,24,32H,2-3,5,18H2,1H3,(H,19,20)(H,21,29)(H,22,27)(H,23,28)(H,25,26)(H,30,31). The van der Waals surface area contributed by atoms with Gasteiger partial charge in [0.2, 0.25) is 17.7 Å². The summed E-state index contributed by atoms with van der Waals surface area (Å²) < 4.78 is 0. The number of carboxylic acids is 2. The molecule has 1 heterocycles. The molecule has 3 amide bonds. The molecule has 5 unspecified atom stereocenters. The SMILES string of the molecule is CC(O)C(NC(=O)C(CS)NC(=O)C(N)CC(=O)O)C(=O)NC(Cc1cnc[nH]1)C(=O)O. The Balaban J connectivity index is 2.82. The Bertz CT molecular complexity index is 818. The molecule has 0 aliphatic rings. The van der Waals surface area contributed by atoms with Crippen molar-refractivity contribution in [1.82, 2.24) is 25.9 Å². The largest absolute Gasteiger partial charge is 0.481 e. The van der Waals surface area contributed by atoms with Gasteiger partial charge >= 0.3 is 11.9 Å². The number of nitrogens with two attached hydrogens (primary N) is 1. The first-order valence-electron chi connectivity index (χ1n) is 9.33. The number of amides is 3. The molecule has 14 nitrogen and oxygen atoms in total. The van der Waals surface area contributed by atoms with Gasteiger partial charge in [-0.2, -0.15) is 12.6 Å². The van der Waals surface area contributed by atoms with Crippen molar-refractivity contribution in [2.45, 2.75) is 50.0 Å². The number of nitrogens with one attached hydrogen (secondary N) is 4. The number of hydrogen-bond acceptors (Lipinski definition) is 9. The van der Waals surface area contributed by atoms with Crippen LogP contribution < -0.4 is 21.7 Å². The summed E-state index contributed by atoms with van der Waals surface area (Å²) in [4.78, 5) is 65.6. The highest BCUT2D eigenvalue weighted by Gasteiger charge is 2.32. The van der Waals surface area contributed by atoms with Gasteiger partial charge in [-0.3, -0.25) is 19.2 Å². The van der Waals surface area contributed by atoms with E-state index in [9.17, 15) is 34.2 Å². The fraction of sp³-hybridized carbons (Fsp3) is 0.529. The van der Waals surface area contributed by atoms with E-state index in [1.54, 1.807) is 0 Å². The number of thiol groups is 1. The van der Waals surface area contributed by atoms with Crippen molar-refractivity contribution in [3.05, 3.63) is 18.2 Å². The lowest BCUT2D eigenvalue weighted by atomic mass is 10.1. The smallest absolute Gasteiger partial charge is 0.326 e. The maximum Gasteiger partial charge on any atom is 0.326 e. The number of carboxylic acid groups (broad SMARTS) is 2. The Kier molecular flexibility index (Phi) is 10.6. The monoisotopic (exact) mass is 474 g/mol. The molecule has 0 aromatic carbocycles. The van der Waals surface area contributed by atoms with Crippen LogP contribution in [0, 0.1) is 0 Å². The molecule has 1 aromatic heterocycles. The molecule has 0 spiro atoms. The van der Waals surface area contributed by atoms with E-state index in [2.05, 4.69) is 38.5 Å². The number of hydrogen-bond donors (Lipinski definition) is 9. The Morgan fingerprint density at radius 1 is 1.09 bits per heavy atom. The van der Waals surface area contributed by atoms with Gasteiger partial charge in [-0.05, 0) is 6.92 Å². The topological polar surface area (TPSA) is 237 Å². The number of aliphatic hydroxyl groups is 1. The average Bonchev–Trinajstić information content (AvgIpc) is 3.21. The van der Waals surface area contributed by atoms with Crippen LogP contribution in [-0.2, 0) is 30.4 Å². The Hall–Kier alpha value is -3.17. The van der Waals surface area contributed by atoms with Crippen LogP contribution >= 0.6 is 12.6 Å². The number of imidazole rings is 1. The minimum absolute atomic E-state index is 0.127. The summed E-state index contributed by atoms with van der Waals surface area (Å²) in [6.07, 6.45) is 0.497. The fourth-order valence-electron chi connectivity index (χ4n) is 2.49. The van der Waals surface area contributed by atoms with E-state index in [1.165, 1.54) is 19.4 Å². The molecule has 15 heteroatoms. The number of carbonyl (C=O) groups is 5. The Morgan fingerprint density at radius 3 is 2.19 bits per heavy atom. The van der Waals surface area contributed by atoms with Gasteiger partial charge in [-0.1, -0.05) is 0 Å². The first kappa shape index (κ1) is 26.9. The highest BCUT2D eigenvalue weighted by Crippen LogP contribution is 2.03.